The Morgan fingerprint density at radius 1 is 0.739 bits per heavy atom. The van der Waals surface area contributed by atoms with Gasteiger partial charge in [0.2, 0.25) is 0 Å². The van der Waals surface area contributed by atoms with Gasteiger partial charge in [-0.2, -0.15) is 0 Å². The Bertz CT molecular complexity index is 802. The monoisotopic (exact) mass is 317 g/mol. The van der Waals surface area contributed by atoms with E-state index in [0.29, 0.717) is 0 Å². The zero-order valence-electron chi connectivity index (χ0n) is 13.4. The van der Waals surface area contributed by atoms with E-state index in [4.69, 9.17) is 0 Å². The lowest BCUT2D eigenvalue weighted by Gasteiger charge is -2.03. The number of aryl methyl sites for hydroxylation is 2. The third-order valence-electron chi connectivity index (χ3n) is 3.50. The predicted octanol–water partition coefficient (Wildman–Crippen LogP) is 6.21. The normalized spacial score (nSPS) is 11.0. The van der Waals surface area contributed by atoms with Gasteiger partial charge >= 0.3 is 0 Å². The van der Waals surface area contributed by atoms with E-state index >= 15 is 0 Å². The van der Waals surface area contributed by atoms with E-state index in [1.165, 1.54) is 20.9 Å². The molecule has 2 heteroatoms. The quantitative estimate of drug-likeness (QED) is 0.521. The standard InChI is InChI=1S/C21H19NS/c1-16-6-10-20(11-7-16)23-21-12-8-18(9-13-21)15-22-19-5-3-4-17(2)14-19/h3-15H,1-2H3. The van der Waals surface area contributed by atoms with Crippen molar-refractivity contribution in [2.45, 2.75) is 23.6 Å². The van der Waals surface area contributed by atoms with Crippen molar-refractivity contribution in [3.8, 4) is 0 Å². The molecule has 0 saturated carbocycles. The van der Waals surface area contributed by atoms with Crippen LogP contribution in [0.25, 0.3) is 0 Å². The van der Waals surface area contributed by atoms with Crippen LogP contribution in [0.15, 0.2) is 87.6 Å². The maximum Gasteiger partial charge on any atom is 0.0632 e. The first-order valence-electron chi connectivity index (χ1n) is 7.64. The summed E-state index contributed by atoms with van der Waals surface area (Å²) in [7, 11) is 0. The summed E-state index contributed by atoms with van der Waals surface area (Å²) in [6.07, 6.45) is 1.91. The Balaban J connectivity index is 1.68. The zero-order valence-corrected chi connectivity index (χ0v) is 14.2. The van der Waals surface area contributed by atoms with Gasteiger partial charge in [0.05, 0.1) is 5.69 Å². The van der Waals surface area contributed by atoms with E-state index in [2.05, 4.69) is 79.5 Å². The van der Waals surface area contributed by atoms with Crippen LogP contribution in [0.2, 0.25) is 0 Å². The molecule has 0 aliphatic rings. The summed E-state index contributed by atoms with van der Waals surface area (Å²) in [6.45, 7) is 4.19. The topological polar surface area (TPSA) is 12.4 Å². The molecule has 23 heavy (non-hydrogen) atoms. The van der Waals surface area contributed by atoms with Crippen LogP contribution in [0.5, 0.6) is 0 Å². The molecule has 0 aliphatic carbocycles. The molecule has 0 amide bonds. The Labute approximate surface area is 142 Å². The summed E-state index contributed by atoms with van der Waals surface area (Å²) in [6, 6.07) is 25.3. The van der Waals surface area contributed by atoms with Crippen LogP contribution in [0.4, 0.5) is 5.69 Å². The molecule has 3 aromatic rings. The van der Waals surface area contributed by atoms with Gasteiger partial charge in [-0.3, -0.25) is 4.99 Å². The predicted molar refractivity (Wildman–Crippen MR) is 100 cm³/mol. The zero-order chi connectivity index (χ0) is 16.1. The first-order valence-corrected chi connectivity index (χ1v) is 8.46. The van der Waals surface area contributed by atoms with Crippen LogP contribution < -0.4 is 0 Å². The van der Waals surface area contributed by atoms with Gasteiger partial charge < -0.3 is 0 Å². The number of hydrogen-bond donors (Lipinski definition) is 0. The lowest BCUT2D eigenvalue weighted by molar-refractivity contribution is 1.36. The molecule has 3 aromatic carbocycles. The van der Waals surface area contributed by atoms with Gasteiger partial charge in [0.25, 0.3) is 0 Å². The van der Waals surface area contributed by atoms with E-state index in [1.54, 1.807) is 11.8 Å². The molecular weight excluding hydrogens is 298 g/mol. The van der Waals surface area contributed by atoms with E-state index in [-0.39, 0.29) is 0 Å². The maximum atomic E-state index is 4.53. The third kappa shape index (κ3) is 4.57. The molecule has 0 spiro atoms. The fourth-order valence-electron chi connectivity index (χ4n) is 2.22. The summed E-state index contributed by atoms with van der Waals surface area (Å²) in [5.41, 5.74) is 4.62. The minimum absolute atomic E-state index is 0.989. The fraction of sp³-hybridized carbons (Fsp3) is 0.0952. The molecule has 0 unspecified atom stereocenters. The molecule has 0 aliphatic heterocycles. The second-order valence-corrected chi connectivity index (χ2v) is 6.73. The van der Waals surface area contributed by atoms with Crippen molar-refractivity contribution in [3.63, 3.8) is 0 Å². The summed E-state index contributed by atoms with van der Waals surface area (Å²) in [4.78, 5) is 7.03. The van der Waals surface area contributed by atoms with Crippen molar-refractivity contribution >= 4 is 23.7 Å². The van der Waals surface area contributed by atoms with E-state index in [9.17, 15) is 0 Å². The third-order valence-corrected chi connectivity index (χ3v) is 4.52. The van der Waals surface area contributed by atoms with Crippen LogP contribution >= 0.6 is 11.8 Å². The summed E-state index contributed by atoms with van der Waals surface area (Å²) in [5.74, 6) is 0. The largest absolute Gasteiger partial charge is 0.256 e. The maximum absolute atomic E-state index is 4.53. The summed E-state index contributed by atoms with van der Waals surface area (Å²) in [5, 5.41) is 0. The van der Waals surface area contributed by atoms with Crippen molar-refractivity contribution in [3.05, 3.63) is 89.5 Å². The van der Waals surface area contributed by atoms with Gasteiger partial charge in [0.15, 0.2) is 0 Å². The molecule has 114 valence electrons. The summed E-state index contributed by atoms with van der Waals surface area (Å²) < 4.78 is 0. The Morgan fingerprint density at radius 2 is 1.39 bits per heavy atom. The highest BCUT2D eigenvalue weighted by molar-refractivity contribution is 7.99. The Kier molecular flexibility index (Phi) is 4.94. The minimum atomic E-state index is 0.989. The highest BCUT2D eigenvalue weighted by atomic mass is 32.2. The average molecular weight is 317 g/mol. The molecule has 1 nitrogen and oxygen atoms in total. The van der Waals surface area contributed by atoms with Crippen molar-refractivity contribution in [2.75, 3.05) is 0 Å². The van der Waals surface area contributed by atoms with Crippen molar-refractivity contribution < 1.29 is 0 Å². The number of nitrogens with zero attached hydrogens (tertiary/aromatic N) is 1. The SMILES string of the molecule is Cc1ccc(Sc2ccc(C=Nc3cccc(C)c3)cc2)cc1. The second kappa shape index (κ2) is 7.30. The molecule has 0 aromatic heterocycles. The van der Waals surface area contributed by atoms with Gasteiger partial charge in [0, 0.05) is 16.0 Å². The molecule has 0 atom stereocenters. The van der Waals surface area contributed by atoms with Gasteiger partial charge in [-0.1, -0.05) is 53.7 Å². The molecule has 0 fully saturated rings. The molecular formula is C21H19NS. The van der Waals surface area contributed by atoms with Crippen LogP contribution in [0.1, 0.15) is 16.7 Å². The lowest BCUT2D eigenvalue weighted by atomic mass is 10.2. The highest BCUT2D eigenvalue weighted by Gasteiger charge is 1.97. The number of benzene rings is 3. The Hall–Kier alpha value is -2.32. The van der Waals surface area contributed by atoms with E-state index in [0.717, 1.165) is 11.3 Å². The smallest absolute Gasteiger partial charge is 0.0632 e. The van der Waals surface area contributed by atoms with Crippen molar-refractivity contribution in [1.82, 2.24) is 0 Å². The minimum Gasteiger partial charge on any atom is -0.256 e. The number of hydrogen-bond acceptors (Lipinski definition) is 2. The first-order chi connectivity index (χ1) is 11.2. The van der Waals surface area contributed by atoms with Crippen LogP contribution in [0, 0.1) is 13.8 Å². The molecule has 0 bridgehead atoms. The summed E-state index contributed by atoms with van der Waals surface area (Å²) >= 11 is 1.78. The van der Waals surface area contributed by atoms with Gasteiger partial charge in [-0.25, -0.2) is 0 Å². The van der Waals surface area contributed by atoms with E-state index in [1.807, 2.05) is 18.3 Å². The lowest BCUT2D eigenvalue weighted by Crippen LogP contribution is -1.81. The van der Waals surface area contributed by atoms with Crippen LogP contribution in [-0.2, 0) is 0 Å². The van der Waals surface area contributed by atoms with E-state index < -0.39 is 0 Å². The molecule has 0 N–H and O–H groups in total. The van der Waals surface area contributed by atoms with Crippen molar-refractivity contribution in [1.29, 1.82) is 0 Å². The van der Waals surface area contributed by atoms with Gasteiger partial charge in [-0.05, 0) is 61.4 Å². The number of rotatable bonds is 4. The second-order valence-electron chi connectivity index (χ2n) is 5.58. The molecule has 0 heterocycles. The van der Waals surface area contributed by atoms with Crippen LogP contribution in [0.3, 0.4) is 0 Å². The first kappa shape index (κ1) is 15.6. The van der Waals surface area contributed by atoms with Gasteiger partial charge in [-0.15, -0.1) is 0 Å². The number of aliphatic imine (C=N–C) groups is 1. The van der Waals surface area contributed by atoms with Gasteiger partial charge in [0.1, 0.15) is 0 Å². The molecule has 0 saturated heterocycles. The average Bonchev–Trinajstić information content (AvgIpc) is 2.56. The fourth-order valence-corrected chi connectivity index (χ4v) is 3.04. The Morgan fingerprint density at radius 3 is 2.04 bits per heavy atom. The highest BCUT2D eigenvalue weighted by Crippen LogP contribution is 2.27. The molecule has 3 rings (SSSR count). The van der Waals surface area contributed by atoms with Crippen molar-refractivity contribution in [2.24, 2.45) is 4.99 Å². The molecule has 0 radical (unpaired) electrons. The van der Waals surface area contributed by atoms with Crippen LogP contribution in [-0.4, -0.2) is 6.21 Å².